The highest BCUT2D eigenvalue weighted by Gasteiger charge is 2.21. The van der Waals surface area contributed by atoms with Crippen LogP contribution in [0.1, 0.15) is 10.4 Å². The molecule has 0 fully saturated rings. The van der Waals surface area contributed by atoms with Crippen molar-refractivity contribution in [3.8, 4) is 5.75 Å². The van der Waals surface area contributed by atoms with Crippen LogP contribution < -0.4 is 15.2 Å². The van der Waals surface area contributed by atoms with E-state index < -0.39 is 10.0 Å². The number of rotatable bonds is 5. The molecule has 0 aliphatic heterocycles. The van der Waals surface area contributed by atoms with Crippen molar-refractivity contribution in [2.24, 2.45) is 5.73 Å². The molecule has 2 aromatic rings. The van der Waals surface area contributed by atoms with E-state index in [0.717, 1.165) is 4.88 Å². The molecule has 0 aliphatic rings. The molecule has 0 aliphatic carbocycles. The van der Waals surface area contributed by atoms with Gasteiger partial charge in [0, 0.05) is 10.4 Å². The predicted octanol–water partition coefficient (Wildman–Crippen LogP) is 2.50. The first-order valence-electron chi connectivity index (χ1n) is 5.91. The molecule has 0 radical (unpaired) electrons. The summed E-state index contributed by atoms with van der Waals surface area (Å²) >= 11 is 6.14. The molecule has 21 heavy (non-hydrogen) atoms. The number of benzene rings is 1. The van der Waals surface area contributed by atoms with Crippen LogP contribution in [-0.2, 0) is 10.0 Å². The summed E-state index contributed by atoms with van der Waals surface area (Å²) in [5, 5.41) is 0. The van der Waals surface area contributed by atoms with Crippen LogP contribution in [0.4, 0.5) is 5.69 Å². The minimum Gasteiger partial charge on any atom is -0.495 e. The van der Waals surface area contributed by atoms with E-state index in [-0.39, 0.29) is 14.9 Å². The molecule has 0 saturated carbocycles. The Labute approximate surface area is 132 Å². The van der Waals surface area contributed by atoms with E-state index in [4.69, 9.17) is 22.7 Å². The van der Waals surface area contributed by atoms with Crippen LogP contribution in [0.2, 0.25) is 0 Å². The van der Waals surface area contributed by atoms with Crippen molar-refractivity contribution >= 4 is 44.3 Å². The summed E-state index contributed by atoms with van der Waals surface area (Å²) < 4.78 is 32.7. The second-order valence-corrected chi connectivity index (χ2v) is 7.85. The quantitative estimate of drug-likeness (QED) is 0.816. The lowest BCUT2D eigenvalue weighted by molar-refractivity contribution is 0.417. The molecule has 1 heterocycles. The van der Waals surface area contributed by atoms with Gasteiger partial charge in [0.1, 0.15) is 20.6 Å². The second kappa shape index (κ2) is 6.00. The molecule has 1 aromatic carbocycles. The van der Waals surface area contributed by atoms with Crippen LogP contribution in [0.3, 0.4) is 0 Å². The molecular weight excluding hydrogens is 328 g/mol. The van der Waals surface area contributed by atoms with E-state index in [0.29, 0.717) is 11.3 Å². The molecule has 5 nitrogen and oxygen atoms in total. The number of thiocarbonyl (C=S) groups is 1. The number of ether oxygens (including phenoxy) is 1. The number of anilines is 1. The lowest BCUT2D eigenvalue weighted by atomic mass is 10.1. The minimum absolute atomic E-state index is 0.0916. The van der Waals surface area contributed by atoms with Crippen LogP contribution in [0.5, 0.6) is 5.75 Å². The Morgan fingerprint density at radius 2 is 2.05 bits per heavy atom. The predicted molar refractivity (Wildman–Crippen MR) is 88.7 cm³/mol. The fourth-order valence-electron chi connectivity index (χ4n) is 1.75. The average Bonchev–Trinajstić information content (AvgIpc) is 2.86. The van der Waals surface area contributed by atoms with Gasteiger partial charge in [-0.05, 0) is 31.2 Å². The largest absolute Gasteiger partial charge is 0.495 e. The third-order valence-electron chi connectivity index (χ3n) is 2.73. The van der Waals surface area contributed by atoms with Gasteiger partial charge in [0.25, 0.3) is 10.0 Å². The first kappa shape index (κ1) is 15.7. The zero-order valence-corrected chi connectivity index (χ0v) is 13.9. The number of para-hydroxylation sites is 1. The number of thiophene rings is 1. The molecule has 0 saturated heterocycles. The molecule has 0 bridgehead atoms. The molecule has 0 unspecified atom stereocenters. The SMILES string of the molecule is COc1cccc(C(N)=S)c1NS(=O)(=O)c1ccc(C)s1. The van der Waals surface area contributed by atoms with Crippen molar-refractivity contribution in [3.63, 3.8) is 0 Å². The fraction of sp³-hybridized carbons (Fsp3) is 0.154. The molecule has 2 rings (SSSR count). The van der Waals surface area contributed by atoms with Crippen molar-refractivity contribution in [1.82, 2.24) is 0 Å². The molecule has 112 valence electrons. The van der Waals surface area contributed by atoms with Gasteiger partial charge in [-0.15, -0.1) is 11.3 Å². The monoisotopic (exact) mass is 342 g/mol. The summed E-state index contributed by atoms with van der Waals surface area (Å²) in [6, 6.07) is 8.27. The van der Waals surface area contributed by atoms with Crippen LogP contribution in [-0.4, -0.2) is 20.5 Å². The third kappa shape index (κ3) is 3.34. The van der Waals surface area contributed by atoms with Crippen molar-refractivity contribution in [3.05, 3.63) is 40.8 Å². The van der Waals surface area contributed by atoms with Gasteiger partial charge in [-0.25, -0.2) is 8.42 Å². The van der Waals surface area contributed by atoms with Gasteiger partial charge in [0.2, 0.25) is 0 Å². The molecule has 8 heteroatoms. The maximum Gasteiger partial charge on any atom is 0.271 e. The summed E-state index contributed by atoms with van der Waals surface area (Å²) in [6.07, 6.45) is 0. The number of sulfonamides is 1. The van der Waals surface area contributed by atoms with E-state index in [1.165, 1.54) is 18.4 Å². The Hall–Kier alpha value is -1.64. The lowest BCUT2D eigenvalue weighted by Gasteiger charge is -2.14. The van der Waals surface area contributed by atoms with Crippen LogP contribution >= 0.6 is 23.6 Å². The maximum atomic E-state index is 12.4. The second-order valence-electron chi connectivity index (χ2n) is 4.22. The van der Waals surface area contributed by atoms with Crippen molar-refractivity contribution in [1.29, 1.82) is 0 Å². The smallest absolute Gasteiger partial charge is 0.271 e. The molecule has 1 aromatic heterocycles. The fourth-order valence-corrected chi connectivity index (χ4v) is 4.30. The minimum atomic E-state index is -3.71. The van der Waals surface area contributed by atoms with Crippen molar-refractivity contribution < 1.29 is 13.2 Å². The summed E-state index contributed by atoms with van der Waals surface area (Å²) in [6.45, 7) is 1.84. The highest BCUT2D eigenvalue weighted by Crippen LogP contribution is 2.32. The summed E-state index contributed by atoms with van der Waals surface area (Å²) in [5.74, 6) is 0.358. The van der Waals surface area contributed by atoms with Gasteiger partial charge in [-0.2, -0.15) is 0 Å². The van der Waals surface area contributed by atoms with Gasteiger partial charge in [-0.1, -0.05) is 18.3 Å². The summed E-state index contributed by atoms with van der Waals surface area (Å²) in [5.41, 5.74) is 6.31. The number of hydrogen-bond donors (Lipinski definition) is 2. The average molecular weight is 342 g/mol. The van der Waals surface area contributed by atoms with E-state index in [2.05, 4.69) is 4.72 Å². The van der Waals surface area contributed by atoms with E-state index in [1.807, 2.05) is 6.92 Å². The topological polar surface area (TPSA) is 81.4 Å². The first-order valence-corrected chi connectivity index (χ1v) is 8.62. The number of nitrogens with two attached hydrogens (primary N) is 1. The molecule has 3 N–H and O–H groups in total. The highest BCUT2D eigenvalue weighted by molar-refractivity contribution is 7.94. The van der Waals surface area contributed by atoms with Gasteiger partial charge in [0.05, 0.1) is 7.11 Å². The molecule has 0 spiro atoms. The van der Waals surface area contributed by atoms with Crippen LogP contribution in [0.25, 0.3) is 0 Å². The van der Waals surface area contributed by atoms with Crippen LogP contribution in [0.15, 0.2) is 34.5 Å². The Kier molecular flexibility index (Phi) is 4.50. The summed E-state index contributed by atoms with van der Waals surface area (Å²) in [4.78, 5) is 0.999. The third-order valence-corrected chi connectivity index (χ3v) is 5.79. The molecule has 0 amide bonds. The standard InChI is InChI=1S/C13H14N2O3S3/c1-8-6-7-11(20-8)21(16,17)15-12-9(13(14)19)4-3-5-10(12)18-2/h3-7,15H,1-2H3,(H2,14,19). The molecular formula is C13H14N2O3S3. The zero-order chi connectivity index (χ0) is 15.6. The zero-order valence-electron chi connectivity index (χ0n) is 11.4. The van der Waals surface area contributed by atoms with E-state index in [9.17, 15) is 8.42 Å². The van der Waals surface area contributed by atoms with Crippen molar-refractivity contribution in [2.45, 2.75) is 11.1 Å². The Morgan fingerprint density at radius 1 is 1.33 bits per heavy atom. The Bertz CT molecular complexity index is 782. The van der Waals surface area contributed by atoms with Gasteiger partial charge < -0.3 is 10.5 Å². The number of methoxy groups -OCH3 is 1. The van der Waals surface area contributed by atoms with E-state index in [1.54, 1.807) is 30.3 Å². The van der Waals surface area contributed by atoms with Gasteiger partial charge >= 0.3 is 0 Å². The highest BCUT2D eigenvalue weighted by atomic mass is 32.2. The lowest BCUT2D eigenvalue weighted by Crippen LogP contribution is -2.18. The van der Waals surface area contributed by atoms with Gasteiger partial charge in [-0.3, -0.25) is 4.72 Å². The normalized spacial score (nSPS) is 11.1. The summed E-state index contributed by atoms with van der Waals surface area (Å²) in [7, 11) is -2.26. The molecule has 0 atom stereocenters. The Morgan fingerprint density at radius 3 is 2.57 bits per heavy atom. The van der Waals surface area contributed by atoms with Crippen molar-refractivity contribution in [2.75, 3.05) is 11.8 Å². The van der Waals surface area contributed by atoms with E-state index >= 15 is 0 Å². The number of aryl methyl sites for hydroxylation is 1. The number of nitrogens with one attached hydrogen (secondary N) is 1. The number of hydrogen-bond acceptors (Lipinski definition) is 5. The van der Waals surface area contributed by atoms with Gasteiger partial charge in [0.15, 0.2) is 0 Å². The Balaban J connectivity index is 2.50. The maximum absolute atomic E-state index is 12.4. The van der Waals surface area contributed by atoms with Crippen LogP contribution in [0, 0.1) is 6.92 Å². The first-order chi connectivity index (χ1) is 9.85.